The molecule has 1 aromatic carbocycles. The van der Waals surface area contributed by atoms with Gasteiger partial charge in [0.15, 0.2) is 5.11 Å². The van der Waals surface area contributed by atoms with Gasteiger partial charge in [-0.3, -0.25) is 10.2 Å². The lowest BCUT2D eigenvalue weighted by molar-refractivity contribution is -0.114. The van der Waals surface area contributed by atoms with Crippen molar-refractivity contribution in [3.05, 3.63) is 29.8 Å². The van der Waals surface area contributed by atoms with Crippen molar-refractivity contribution in [2.45, 2.75) is 20.0 Å². The Morgan fingerprint density at radius 1 is 1.50 bits per heavy atom. The van der Waals surface area contributed by atoms with Gasteiger partial charge in [-0.05, 0) is 25.2 Å². The lowest BCUT2D eigenvalue weighted by Crippen LogP contribution is -2.30. The zero-order valence-corrected chi connectivity index (χ0v) is 11.2. The van der Waals surface area contributed by atoms with E-state index in [2.05, 4.69) is 16.2 Å². The van der Waals surface area contributed by atoms with Crippen molar-refractivity contribution >= 4 is 28.9 Å². The molecular formula is C12H16N4OS. The zero-order chi connectivity index (χ0) is 13.1. The molecule has 1 fully saturated rings. The molecule has 1 unspecified atom stereocenters. The maximum Gasteiger partial charge on any atom is 0.221 e. The highest BCUT2D eigenvalue weighted by atomic mass is 32.1. The minimum atomic E-state index is -0.0842. The van der Waals surface area contributed by atoms with Crippen molar-refractivity contribution in [3.8, 4) is 0 Å². The number of nitrogens with zero attached hydrogens (tertiary/aromatic N) is 1. The first kappa shape index (κ1) is 12.8. The second kappa shape index (κ2) is 5.32. The molecule has 1 aliphatic heterocycles. The van der Waals surface area contributed by atoms with E-state index in [0.29, 0.717) is 5.11 Å². The summed E-state index contributed by atoms with van der Waals surface area (Å²) in [4.78, 5) is 13.2. The quantitative estimate of drug-likeness (QED) is 0.720. The van der Waals surface area contributed by atoms with Crippen molar-refractivity contribution in [2.75, 3.05) is 11.9 Å². The molecule has 1 amide bonds. The second-order valence-corrected chi connectivity index (χ2v) is 4.42. The van der Waals surface area contributed by atoms with Crippen molar-refractivity contribution in [3.63, 3.8) is 0 Å². The minimum absolute atomic E-state index is 0.0643. The average molecular weight is 264 g/mol. The number of hydrazine groups is 1. The highest BCUT2D eigenvalue weighted by Crippen LogP contribution is 2.27. The molecule has 1 saturated heterocycles. The Bertz CT molecular complexity index is 477. The van der Waals surface area contributed by atoms with E-state index in [1.165, 1.54) is 6.92 Å². The van der Waals surface area contributed by atoms with Crippen LogP contribution in [0.15, 0.2) is 24.3 Å². The van der Waals surface area contributed by atoms with Crippen LogP contribution in [0.4, 0.5) is 5.69 Å². The van der Waals surface area contributed by atoms with E-state index in [0.717, 1.165) is 17.8 Å². The number of hydrogen-bond donors (Lipinski definition) is 3. The monoisotopic (exact) mass is 264 g/mol. The third-order valence-electron chi connectivity index (χ3n) is 2.80. The fourth-order valence-corrected chi connectivity index (χ4v) is 2.30. The summed E-state index contributed by atoms with van der Waals surface area (Å²) >= 11 is 5.21. The summed E-state index contributed by atoms with van der Waals surface area (Å²) in [5.74, 6) is -0.0842. The summed E-state index contributed by atoms with van der Waals surface area (Å²) in [6, 6.07) is 7.69. The van der Waals surface area contributed by atoms with Gasteiger partial charge < -0.3 is 10.2 Å². The van der Waals surface area contributed by atoms with Gasteiger partial charge in [0, 0.05) is 24.7 Å². The van der Waals surface area contributed by atoms with Crippen LogP contribution in [0, 0.1) is 0 Å². The first-order valence-corrected chi connectivity index (χ1v) is 6.23. The molecule has 0 radical (unpaired) electrons. The molecule has 18 heavy (non-hydrogen) atoms. The molecule has 1 aliphatic rings. The number of carbonyl (C=O) groups is 1. The minimum Gasteiger partial charge on any atom is -0.327 e. The Morgan fingerprint density at radius 3 is 2.89 bits per heavy atom. The molecule has 0 bridgehead atoms. The van der Waals surface area contributed by atoms with Crippen molar-refractivity contribution < 1.29 is 4.79 Å². The number of benzene rings is 1. The normalized spacial score (nSPS) is 18.7. The molecule has 2 rings (SSSR count). The van der Waals surface area contributed by atoms with Crippen LogP contribution >= 0.6 is 12.2 Å². The first-order chi connectivity index (χ1) is 8.63. The maximum atomic E-state index is 11.2. The largest absolute Gasteiger partial charge is 0.327 e. The van der Waals surface area contributed by atoms with Gasteiger partial charge in [-0.25, -0.2) is 5.43 Å². The van der Waals surface area contributed by atoms with Crippen LogP contribution in [0.2, 0.25) is 0 Å². The van der Waals surface area contributed by atoms with Crippen LogP contribution in [-0.4, -0.2) is 22.5 Å². The summed E-state index contributed by atoms with van der Waals surface area (Å²) in [6.45, 7) is 4.33. The summed E-state index contributed by atoms with van der Waals surface area (Å²) in [5, 5.41) is 3.50. The van der Waals surface area contributed by atoms with E-state index in [9.17, 15) is 4.79 Å². The van der Waals surface area contributed by atoms with Crippen LogP contribution < -0.4 is 16.2 Å². The summed E-state index contributed by atoms with van der Waals surface area (Å²) in [6.07, 6.45) is -0.0643. The Hall–Kier alpha value is -1.66. The Balaban J connectivity index is 2.32. The smallest absolute Gasteiger partial charge is 0.221 e. The fourth-order valence-electron chi connectivity index (χ4n) is 2.01. The Kier molecular flexibility index (Phi) is 3.78. The van der Waals surface area contributed by atoms with Crippen molar-refractivity contribution in [2.24, 2.45) is 0 Å². The number of hydrogen-bond acceptors (Lipinski definition) is 3. The van der Waals surface area contributed by atoms with E-state index < -0.39 is 0 Å². The van der Waals surface area contributed by atoms with Crippen LogP contribution in [0.1, 0.15) is 25.6 Å². The van der Waals surface area contributed by atoms with Gasteiger partial charge in [0.05, 0.1) is 0 Å². The van der Waals surface area contributed by atoms with Crippen LogP contribution in [0.5, 0.6) is 0 Å². The van der Waals surface area contributed by atoms with Gasteiger partial charge in [-0.1, -0.05) is 18.2 Å². The van der Waals surface area contributed by atoms with Gasteiger partial charge >= 0.3 is 0 Å². The fraction of sp³-hybridized carbons (Fsp3) is 0.333. The molecule has 1 atom stereocenters. The highest BCUT2D eigenvalue weighted by molar-refractivity contribution is 7.80. The SMILES string of the molecule is CCN1C(=S)NNC1c1ccccc1NC(C)=O. The molecule has 3 N–H and O–H groups in total. The molecule has 0 saturated carbocycles. The number of nitrogens with one attached hydrogen (secondary N) is 3. The number of amides is 1. The van der Waals surface area contributed by atoms with E-state index in [4.69, 9.17) is 12.2 Å². The van der Waals surface area contributed by atoms with Gasteiger partial charge in [0.25, 0.3) is 0 Å². The molecule has 5 nitrogen and oxygen atoms in total. The Morgan fingerprint density at radius 2 is 2.22 bits per heavy atom. The molecule has 6 heteroatoms. The lowest BCUT2D eigenvalue weighted by atomic mass is 10.1. The van der Waals surface area contributed by atoms with Crippen molar-refractivity contribution in [1.29, 1.82) is 0 Å². The summed E-state index contributed by atoms with van der Waals surface area (Å²) in [5.41, 5.74) is 7.85. The van der Waals surface area contributed by atoms with Gasteiger partial charge in [0.1, 0.15) is 6.17 Å². The third-order valence-corrected chi connectivity index (χ3v) is 3.13. The number of anilines is 1. The van der Waals surface area contributed by atoms with Gasteiger partial charge in [0.2, 0.25) is 5.91 Å². The molecule has 0 spiro atoms. The van der Waals surface area contributed by atoms with Gasteiger partial charge in [-0.15, -0.1) is 0 Å². The predicted molar refractivity (Wildman–Crippen MR) is 74.7 cm³/mol. The van der Waals surface area contributed by atoms with Crippen LogP contribution in [0.3, 0.4) is 0 Å². The summed E-state index contributed by atoms with van der Waals surface area (Å²) < 4.78 is 0. The molecule has 0 aromatic heterocycles. The third kappa shape index (κ3) is 2.44. The number of thiocarbonyl (C=S) groups is 1. The van der Waals surface area contributed by atoms with E-state index in [-0.39, 0.29) is 12.1 Å². The standard InChI is InChI=1S/C12H16N4OS/c1-3-16-11(14-15-12(16)18)9-6-4-5-7-10(9)13-8(2)17/h4-7,11,14H,3H2,1-2H3,(H,13,17)(H,15,18). The van der Waals surface area contributed by atoms with E-state index >= 15 is 0 Å². The van der Waals surface area contributed by atoms with Crippen molar-refractivity contribution in [1.82, 2.24) is 15.8 Å². The maximum absolute atomic E-state index is 11.2. The highest BCUT2D eigenvalue weighted by Gasteiger charge is 2.29. The number of para-hydroxylation sites is 1. The number of rotatable bonds is 3. The molecular weight excluding hydrogens is 248 g/mol. The Labute approximate surface area is 112 Å². The molecule has 1 heterocycles. The molecule has 0 aliphatic carbocycles. The van der Waals surface area contributed by atoms with Crippen LogP contribution in [-0.2, 0) is 4.79 Å². The van der Waals surface area contributed by atoms with Crippen LogP contribution in [0.25, 0.3) is 0 Å². The topological polar surface area (TPSA) is 56.4 Å². The molecule has 1 aromatic rings. The van der Waals surface area contributed by atoms with E-state index in [1.807, 2.05) is 36.1 Å². The zero-order valence-electron chi connectivity index (χ0n) is 10.4. The van der Waals surface area contributed by atoms with E-state index in [1.54, 1.807) is 0 Å². The predicted octanol–water partition coefficient (Wildman–Crippen LogP) is 1.36. The van der Waals surface area contributed by atoms with Gasteiger partial charge in [-0.2, -0.15) is 0 Å². The number of carbonyl (C=O) groups excluding carboxylic acids is 1. The second-order valence-electron chi connectivity index (χ2n) is 4.03. The molecule has 96 valence electrons. The lowest BCUT2D eigenvalue weighted by Gasteiger charge is -2.24. The first-order valence-electron chi connectivity index (χ1n) is 5.82. The average Bonchev–Trinajstić information content (AvgIpc) is 2.70. The summed E-state index contributed by atoms with van der Waals surface area (Å²) in [7, 11) is 0.